The van der Waals surface area contributed by atoms with Crippen molar-refractivity contribution in [3.8, 4) is 5.75 Å². The molecular formula is C16H16BrClO2S. The Hall–Kier alpha value is -0.840. The van der Waals surface area contributed by atoms with Crippen molar-refractivity contribution in [1.29, 1.82) is 0 Å². The molecule has 0 amide bonds. The van der Waals surface area contributed by atoms with Gasteiger partial charge in [-0.1, -0.05) is 41.4 Å². The fourth-order valence-corrected chi connectivity index (χ4v) is 3.41. The van der Waals surface area contributed by atoms with E-state index in [9.17, 15) is 4.79 Å². The summed E-state index contributed by atoms with van der Waals surface area (Å²) < 4.78 is 7.49. The summed E-state index contributed by atoms with van der Waals surface area (Å²) in [5, 5.41) is 0. The number of ketones is 1. The van der Waals surface area contributed by atoms with Gasteiger partial charge in [-0.2, -0.15) is 0 Å². The second-order valence-electron chi connectivity index (χ2n) is 5.06. The predicted molar refractivity (Wildman–Crippen MR) is 92.0 cm³/mol. The molecule has 0 N–H and O–H groups in total. The summed E-state index contributed by atoms with van der Waals surface area (Å²) in [6.45, 7) is 5.96. The van der Waals surface area contributed by atoms with Crippen molar-refractivity contribution in [2.75, 3.05) is 0 Å². The van der Waals surface area contributed by atoms with E-state index in [0.29, 0.717) is 15.1 Å². The van der Waals surface area contributed by atoms with Gasteiger partial charge >= 0.3 is 0 Å². The van der Waals surface area contributed by atoms with E-state index >= 15 is 0 Å². The third-order valence-corrected chi connectivity index (χ3v) is 4.82. The molecular weight excluding hydrogens is 372 g/mol. The van der Waals surface area contributed by atoms with Crippen molar-refractivity contribution in [1.82, 2.24) is 0 Å². The zero-order valence-electron chi connectivity index (χ0n) is 12.0. The lowest BCUT2D eigenvalue weighted by atomic mass is 10.0. The van der Waals surface area contributed by atoms with E-state index in [0.717, 1.165) is 15.8 Å². The number of thiophene rings is 1. The number of carbonyl (C=O) groups is 1. The Morgan fingerprint density at radius 3 is 2.52 bits per heavy atom. The van der Waals surface area contributed by atoms with E-state index in [1.165, 1.54) is 11.3 Å². The van der Waals surface area contributed by atoms with E-state index < -0.39 is 6.10 Å². The van der Waals surface area contributed by atoms with Gasteiger partial charge in [0.05, 0.1) is 9.21 Å². The lowest BCUT2D eigenvalue weighted by molar-refractivity contribution is 0.0820. The van der Waals surface area contributed by atoms with E-state index in [2.05, 4.69) is 29.8 Å². The summed E-state index contributed by atoms with van der Waals surface area (Å²) in [4.78, 5) is 12.9. The molecule has 0 saturated heterocycles. The first-order chi connectivity index (χ1) is 9.88. The van der Waals surface area contributed by atoms with Gasteiger partial charge in [-0.25, -0.2) is 0 Å². The van der Waals surface area contributed by atoms with Crippen LogP contribution >= 0.6 is 38.9 Å². The summed E-state index contributed by atoms with van der Waals surface area (Å²) >= 11 is 10.6. The fraction of sp³-hybridized carbons (Fsp3) is 0.312. The molecule has 0 spiro atoms. The maximum atomic E-state index is 12.3. The van der Waals surface area contributed by atoms with Gasteiger partial charge in [0, 0.05) is 4.47 Å². The van der Waals surface area contributed by atoms with Crippen LogP contribution < -0.4 is 4.74 Å². The van der Waals surface area contributed by atoms with Crippen LogP contribution in [0.4, 0.5) is 0 Å². The number of rotatable bonds is 5. The van der Waals surface area contributed by atoms with Gasteiger partial charge in [0.2, 0.25) is 5.78 Å². The summed E-state index contributed by atoms with van der Waals surface area (Å²) in [5.74, 6) is 1.01. The van der Waals surface area contributed by atoms with Crippen LogP contribution in [0.1, 0.15) is 41.9 Å². The smallest absolute Gasteiger partial charge is 0.212 e. The molecule has 1 aromatic carbocycles. The van der Waals surface area contributed by atoms with E-state index in [4.69, 9.17) is 16.3 Å². The van der Waals surface area contributed by atoms with Gasteiger partial charge in [0.1, 0.15) is 5.75 Å². The molecule has 2 aromatic rings. The Kier molecular flexibility index (Phi) is 5.47. The fourth-order valence-electron chi connectivity index (χ4n) is 1.97. The van der Waals surface area contributed by atoms with Gasteiger partial charge in [-0.15, -0.1) is 11.3 Å². The van der Waals surface area contributed by atoms with Gasteiger partial charge in [-0.3, -0.25) is 4.79 Å². The molecule has 1 heterocycles. The number of ether oxygens (including phenoxy) is 1. The quantitative estimate of drug-likeness (QED) is 0.594. The zero-order valence-corrected chi connectivity index (χ0v) is 15.2. The van der Waals surface area contributed by atoms with Crippen LogP contribution in [0.25, 0.3) is 0 Å². The molecule has 2 rings (SSSR count). The average molecular weight is 388 g/mol. The van der Waals surface area contributed by atoms with E-state index in [1.54, 1.807) is 19.1 Å². The van der Waals surface area contributed by atoms with Crippen LogP contribution in [-0.4, -0.2) is 11.9 Å². The van der Waals surface area contributed by atoms with Crippen molar-refractivity contribution in [3.05, 3.63) is 49.6 Å². The third-order valence-electron chi connectivity index (χ3n) is 3.08. The van der Waals surface area contributed by atoms with Crippen LogP contribution in [0.3, 0.4) is 0 Å². The number of benzene rings is 1. The summed E-state index contributed by atoms with van der Waals surface area (Å²) in [6, 6.07) is 9.30. The Morgan fingerprint density at radius 2 is 1.95 bits per heavy atom. The Balaban J connectivity index is 2.19. The first kappa shape index (κ1) is 16.5. The van der Waals surface area contributed by atoms with Crippen LogP contribution in [0.15, 0.2) is 34.8 Å². The molecule has 1 aromatic heterocycles. The summed E-state index contributed by atoms with van der Waals surface area (Å²) in [5.41, 5.74) is 1.08. The maximum absolute atomic E-state index is 12.3. The minimum atomic E-state index is -0.543. The Labute approximate surface area is 142 Å². The second-order valence-corrected chi connectivity index (χ2v) is 7.70. The SMILES string of the molecule is CC(Oc1ccc(Br)cc1C(C)C)C(=O)c1ccc(Cl)s1. The first-order valence-corrected chi connectivity index (χ1v) is 8.63. The molecule has 0 bridgehead atoms. The Bertz CT molecular complexity index is 651. The molecule has 5 heteroatoms. The summed E-state index contributed by atoms with van der Waals surface area (Å²) in [7, 11) is 0. The molecule has 1 atom stereocenters. The van der Waals surface area contributed by atoms with Crippen molar-refractivity contribution in [3.63, 3.8) is 0 Å². The van der Waals surface area contributed by atoms with E-state index in [1.807, 2.05) is 18.2 Å². The van der Waals surface area contributed by atoms with E-state index in [-0.39, 0.29) is 5.78 Å². The van der Waals surface area contributed by atoms with Crippen LogP contribution in [-0.2, 0) is 0 Å². The molecule has 0 radical (unpaired) electrons. The number of Topliss-reactive ketones (excluding diaryl/α,β-unsaturated/α-hetero) is 1. The predicted octanol–water partition coefficient (Wildman–Crippen LogP) is 5.94. The van der Waals surface area contributed by atoms with Crippen LogP contribution in [0.5, 0.6) is 5.75 Å². The largest absolute Gasteiger partial charge is 0.482 e. The molecule has 0 fully saturated rings. The molecule has 0 aliphatic carbocycles. The lowest BCUT2D eigenvalue weighted by Crippen LogP contribution is -2.23. The topological polar surface area (TPSA) is 26.3 Å². The molecule has 0 aliphatic heterocycles. The van der Waals surface area contributed by atoms with Gasteiger partial charge in [0.25, 0.3) is 0 Å². The normalized spacial score (nSPS) is 12.5. The molecule has 112 valence electrons. The highest BCUT2D eigenvalue weighted by Crippen LogP contribution is 2.31. The van der Waals surface area contributed by atoms with Crippen molar-refractivity contribution in [2.24, 2.45) is 0 Å². The molecule has 0 aliphatic rings. The Morgan fingerprint density at radius 1 is 1.24 bits per heavy atom. The van der Waals surface area contributed by atoms with Crippen LogP contribution in [0.2, 0.25) is 4.34 Å². The van der Waals surface area contributed by atoms with Crippen molar-refractivity contribution < 1.29 is 9.53 Å². The molecule has 2 nitrogen and oxygen atoms in total. The van der Waals surface area contributed by atoms with Gasteiger partial charge in [0.15, 0.2) is 6.10 Å². The second kappa shape index (κ2) is 6.95. The highest BCUT2D eigenvalue weighted by molar-refractivity contribution is 9.10. The molecule has 1 unspecified atom stereocenters. The van der Waals surface area contributed by atoms with Crippen molar-refractivity contribution in [2.45, 2.75) is 32.8 Å². The number of hydrogen-bond donors (Lipinski definition) is 0. The molecule has 0 saturated carbocycles. The average Bonchev–Trinajstić information content (AvgIpc) is 2.86. The monoisotopic (exact) mass is 386 g/mol. The zero-order chi connectivity index (χ0) is 15.6. The minimum absolute atomic E-state index is 0.0514. The van der Waals surface area contributed by atoms with Gasteiger partial charge in [-0.05, 0) is 48.7 Å². The van der Waals surface area contributed by atoms with Gasteiger partial charge < -0.3 is 4.74 Å². The van der Waals surface area contributed by atoms with Crippen LogP contribution in [0, 0.1) is 0 Å². The number of halogens is 2. The van der Waals surface area contributed by atoms with Crippen molar-refractivity contribution >= 4 is 44.7 Å². The third kappa shape index (κ3) is 4.09. The first-order valence-electron chi connectivity index (χ1n) is 6.64. The maximum Gasteiger partial charge on any atom is 0.212 e. The lowest BCUT2D eigenvalue weighted by Gasteiger charge is -2.18. The molecule has 21 heavy (non-hydrogen) atoms. The highest BCUT2D eigenvalue weighted by Gasteiger charge is 2.20. The number of carbonyl (C=O) groups excluding carboxylic acids is 1. The number of hydrogen-bond acceptors (Lipinski definition) is 3. The standard InChI is InChI=1S/C16H16BrClO2S/c1-9(2)12-8-11(17)4-5-13(12)20-10(3)16(19)14-6-7-15(18)21-14/h4-10H,1-3H3. The highest BCUT2D eigenvalue weighted by atomic mass is 79.9. The summed E-state index contributed by atoms with van der Waals surface area (Å²) in [6.07, 6.45) is -0.543. The minimum Gasteiger partial charge on any atom is -0.482 e.